The Labute approximate surface area is 216 Å². The van der Waals surface area contributed by atoms with Crippen molar-refractivity contribution in [3.8, 4) is 17.2 Å². The molecule has 6 nitrogen and oxygen atoms in total. The molecule has 3 aromatic carbocycles. The van der Waals surface area contributed by atoms with Crippen molar-refractivity contribution >= 4 is 22.8 Å². The number of carbonyl (C=O) groups excluding carboxylic acids is 1. The molecule has 4 aromatic rings. The SMILES string of the molecule is CCn1cc(/C=C2\Oc3c(cc4c(c3C)OCN(Cc3ccc(C)cc3)C4)C2=O)c2cc(OC)ccc21. The third kappa shape index (κ3) is 4.07. The minimum atomic E-state index is -0.100. The Kier molecular flexibility index (Phi) is 5.76. The van der Waals surface area contributed by atoms with Crippen LogP contribution < -0.4 is 14.2 Å². The van der Waals surface area contributed by atoms with Crippen molar-refractivity contribution in [3.05, 3.63) is 93.9 Å². The second-order valence-corrected chi connectivity index (χ2v) is 9.81. The summed E-state index contributed by atoms with van der Waals surface area (Å²) in [7, 11) is 1.66. The molecule has 0 bridgehead atoms. The van der Waals surface area contributed by atoms with E-state index in [0.29, 0.717) is 30.3 Å². The smallest absolute Gasteiger partial charge is 0.231 e. The molecule has 6 rings (SSSR count). The zero-order valence-corrected chi connectivity index (χ0v) is 21.6. The molecule has 0 atom stereocenters. The lowest BCUT2D eigenvalue weighted by atomic mass is 9.99. The molecular formula is C31H30N2O4. The number of carbonyl (C=O) groups is 1. The van der Waals surface area contributed by atoms with Gasteiger partial charge >= 0.3 is 0 Å². The van der Waals surface area contributed by atoms with Crippen LogP contribution in [0.15, 0.2) is 60.5 Å². The molecule has 188 valence electrons. The average Bonchev–Trinajstić information content (AvgIpc) is 3.42. The fraction of sp³-hybridized carbons (Fsp3) is 0.258. The predicted molar refractivity (Wildman–Crippen MR) is 144 cm³/mol. The number of benzene rings is 3. The summed E-state index contributed by atoms with van der Waals surface area (Å²) in [6.45, 7) is 8.98. The van der Waals surface area contributed by atoms with Crippen LogP contribution in [0.2, 0.25) is 0 Å². The van der Waals surface area contributed by atoms with Crippen LogP contribution in [-0.2, 0) is 19.6 Å². The molecule has 1 aromatic heterocycles. The summed E-state index contributed by atoms with van der Waals surface area (Å²) in [6.07, 6.45) is 3.90. The quantitative estimate of drug-likeness (QED) is 0.307. The highest BCUT2D eigenvalue weighted by molar-refractivity contribution is 6.15. The number of nitrogens with zero attached hydrogens (tertiary/aromatic N) is 2. The Balaban J connectivity index is 1.32. The lowest BCUT2D eigenvalue weighted by Crippen LogP contribution is -2.32. The molecular weight excluding hydrogens is 464 g/mol. The Morgan fingerprint density at radius 2 is 1.86 bits per heavy atom. The third-order valence-electron chi connectivity index (χ3n) is 7.28. The molecule has 0 saturated heterocycles. The topological polar surface area (TPSA) is 52.9 Å². The molecule has 0 amide bonds. The normalized spacial score (nSPS) is 16.0. The van der Waals surface area contributed by atoms with Gasteiger partial charge in [-0.2, -0.15) is 0 Å². The lowest BCUT2D eigenvalue weighted by molar-refractivity contribution is 0.0876. The molecule has 0 radical (unpaired) electrons. The van der Waals surface area contributed by atoms with Gasteiger partial charge in [0.1, 0.15) is 24.0 Å². The monoisotopic (exact) mass is 494 g/mol. The number of allylic oxidation sites excluding steroid dienone is 1. The average molecular weight is 495 g/mol. The van der Waals surface area contributed by atoms with E-state index in [0.717, 1.165) is 52.2 Å². The van der Waals surface area contributed by atoms with Gasteiger partial charge < -0.3 is 18.8 Å². The molecule has 0 saturated carbocycles. The second-order valence-electron chi connectivity index (χ2n) is 9.81. The number of hydrogen-bond donors (Lipinski definition) is 0. The Morgan fingerprint density at radius 3 is 2.62 bits per heavy atom. The Bertz CT molecular complexity index is 1560. The molecule has 3 heterocycles. The van der Waals surface area contributed by atoms with E-state index < -0.39 is 0 Å². The number of rotatable bonds is 5. The number of ketones is 1. The minimum Gasteiger partial charge on any atom is -0.497 e. The molecule has 0 fully saturated rings. The van der Waals surface area contributed by atoms with Gasteiger partial charge in [0.05, 0.1) is 12.7 Å². The maximum atomic E-state index is 13.5. The van der Waals surface area contributed by atoms with Crippen LogP contribution in [0.1, 0.15) is 45.1 Å². The van der Waals surface area contributed by atoms with Crippen LogP contribution >= 0.6 is 0 Å². The van der Waals surface area contributed by atoms with Crippen LogP contribution in [0.25, 0.3) is 17.0 Å². The molecule has 0 aliphatic carbocycles. The first-order valence-corrected chi connectivity index (χ1v) is 12.6. The van der Waals surface area contributed by atoms with Gasteiger partial charge in [-0.3, -0.25) is 9.69 Å². The van der Waals surface area contributed by atoms with Gasteiger partial charge in [0.15, 0.2) is 5.76 Å². The van der Waals surface area contributed by atoms with E-state index in [-0.39, 0.29) is 5.78 Å². The number of Topliss-reactive ketones (excluding diaryl/α,β-unsaturated/α-hetero) is 1. The van der Waals surface area contributed by atoms with Crippen LogP contribution in [0.4, 0.5) is 0 Å². The highest BCUT2D eigenvalue weighted by Gasteiger charge is 2.34. The first kappa shape index (κ1) is 23.4. The van der Waals surface area contributed by atoms with Crippen molar-refractivity contribution in [2.45, 2.75) is 40.4 Å². The van der Waals surface area contributed by atoms with Gasteiger partial charge in [-0.15, -0.1) is 0 Å². The standard InChI is InChI=1S/C31H30N2O4/c1-5-33-17-22(25-14-24(35-4)10-11-27(25)33)13-28-29(34)26-12-23-16-32(15-21-8-6-19(2)7-9-21)18-36-30(23)20(3)31(26)37-28/h6-14,17H,5,15-16,18H2,1-4H3/b28-13-. The number of aryl methyl sites for hydroxylation is 2. The molecule has 0 N–H and O–H groups in total. The van der Waals surface area contributed by atoms with Gasteiger partial charge in [-0.25, -0.2) is 0 Å². The van der Waals surface area contributed by atoms with Gasteiger partial charge in [0.2, 0.25) is 5.78 Å². The van der Waals surface area contributed by atoms with Crippen molar-refractivity contribution < 1.29 is 19.0 Å². The van der Waals surface area contributed by atoms with Crippen molar-refractivity contribution in [2.24, 2.45) is 0 Å². The molecule has 0 unspecified atom stereocenters. The third-order valence-corrected chi connectivity index (χ3v) is 7.28. The second kappa shape index (κ2) is 9.12. The fourth-order valence-electron chi connectivity index (χ4n) is 5.30. The molecule has 37 heavy (non-hydrogen) atoms. The first-order chi connectivity index (χ1) is 17.9. The van der Waals surface area contributed by atoms with Crippen molar-refractivity contribution in [1.82, 2.24) is 9.47 Å². The van der Waals surface area contributed by atoms with Crippen LogP contribution in [0.5, 0.6) is 17.2 Å². The van der Waals surface area contributed by atoms with Crippen molar-refractivity contribution in [1.29, 1.82) is 0 Å². The molecule has 6 heteroatoms. The number of fused-ring (bicyclic) bond motifs is 3. The Morgan fingerprint density at radius 1 is 1.05 bits per heavy atom. The van der Waals surface area contributed by atoms with E-state index >= 15 is 0 Å². The first-order valence-electron chi connectivity index (χ1n) is 12.6. The number of methoxy groups -OCH3 is 1. The van der Waals surface area contributed by atoms with Crippen LogP contribution in [0.3, 0.4) is 0 Å². The molecule has 0 spiro atoms. The van der Waals surface area contributed by atoms with Crippen molar-refractivity contribution in [3.63, 3.8) is 0 Å². The fourth-order valence-corrected chi connectivity index (χ4v) is 5.30. The predicted octanol–water partition coefficient (Wildman–Crippen LogP) is 6.25. The van der Waals surface area contributed by atoms with Gasteiger partial charge in [0.25, 0.3) is 0 Å². The minimum absolute atomic E-state index is 0.100. The van der Waals surface area contributed by atoms with Crippen molar-refractivity contribution in [2.75, 3.05) is 13.8 Å². The van der Waals surface area contributed by atoms with Gasteiger partial charge in [0, 0.05) is 53.4 Å². The molecule has 2 aliphatic heterocycles. The summed E-state index contributed by atoms with van der Waals surface area (Å²) in [5.41, 5.74) is 6.98. The number of hydrogen-bond acceptors (Lipinski definition) is 5. The largest absolute Gasteiger partial charge is 0.497 e. The summed E-state index contributed by atoms with van der Waals surface area (Å²) >= 11 is 0. The summed E-state index contributed by atoms with van der Waals surface area (Å²) in [4.78, 5) is 15.7. The summed E-state index contributed by atoms with van der Waals surface area (Å²) < 4.78 is 20.0. The lowest BCUT2D eigenvalue weighted by Gasteiger charge is -2.30. The zero-order valence-electron chi connectivity index (χ0n) is 21.6. The Hall–Kier alpha value is -4.03. The summed E-state index contributed by atoms with van der Waals surface area (Å²) in [5, 5.41) is 1.02. The number of aromatic nitrogens is 1. The van der Waals surface area contributed by atoms with Crippen LogP contribution in [0, 0.1) is 13.8 Å². The van der Waals surface area contributed by atoms with Gasteiger partial charge in [-0.1, -0.05) is 29.8 Å². The number of ether oxygens (including phenoxy) is 3. The van der Waals surface area contributed by atoms with Gasteiger partial charge in [-0.05, 0) is 56.7 Å². The van der Waals surface area contributed by atoms with E-state index in [9.17, 15) is 4.79 Å². The zero-order chi connectivity index (χ0) is 25.7. The summed E-state index contributed by atoms with van der Waals surface area (Å²) in [5.74, 6) is 2.42. The molecule has 2 aliphatic rings. The van der Waals surface area contributed by atoms with E-state index in [1.54, 1.807) is 7.11 Å². The maximum absolute atomic E-state index is 13.5. The van der Waals surface area contributed by atoms with E-state index in [1.165, 1.54) is 11.1 Å². The highest BCUT2D eigenvalue weighted by Crippen LogP contribution is 2.43. The van der Waals surface area contributed by atoms with E-state index in [2.05, 4.69) is 53.8 Å². The maximum Gasteiger partial charge on any atom is 0.231 e. The van der Waals surface area contributed by atoms with E-state index in [1.807, 2.05) is 37.3 Å². The van der Waals surface area contributed by atoms with Crippen LogP contribution in [-0.4, -0.2) is 29.1 Å². The highest BCUT2D eigenvalue weighted by atomic mass is 16.5. The summed E-state index contributed by atoms with van der Waals surface area (Å²) in [6, 6.07) is 16.5. The van der Waals surface area contributed by atoms with E-state index in [4.69, 9.17) is 14.2 Å².